The van der Waals surface area contributed by atoms with Crippen molar-refractivity contribution in [3.8, 4) is 0 Å². The summed E-state index contributed by atoms with van der Waals surface area (Å²) in [7, 11) is 0. The Labute approximate surface area is 92.5 Å². The van der Waals surface area contributed by atoms with Crippen LogP contribution in [-0.2, 0) is 19.1 Å². The second kappa shape index (κ2) is 5.06. The Morgan fingerprint density at radius 1 is 1.38 bits per heavy atom. The van der Waals surface area contributed by atoms with E-state index >= 15 is 0 Å². The minimum Gasteiger partial charge on any atom is -0.386 e. The summed E-state index contributed by atoms with van der Waals surface area (Å²) >= 11 is 0. The molecule has 0 saturated carbocycles. The topological polar surface area (TPSA) is 72.5 Å². The van der Waals surface area contributed by atoms with E-state index in [9.17, 15) is 14.4 Å². The number of carbonyl (C=O) groups excluding carboxylic acids is 3. The van der Waals surface area contributed by atoms with E-state index in [-0.39, 0.29) is 11.6 Å². The number of amides is 1. The Bertz CT molecular complexity index is 429. The third-order valence-corrected chi connectivity index (χ3v) is 1.73. The molecule has 0 aromatic rings. The number of cyclic esters (lactones) is 2. The van der Waals surface area contributed by atoms with Crippen molar-refractivity contribution in [1.82, 2.24) is 5.32 Å². The average Bonchev–Trinajstić information content (AvgIpc) is 2.19. The fourth-order valence-electron chi connectivity index (χ4n) is 1.02. The van der Waals surface area contributed by atoms with Gasteiger partial charge in [0.1, 0.15) is 0 Å². The van der Waals surface area contributed by atoms with Crippen LogP contribution in [0.5, 0.6) is 0 Å². The monoisotopic (exact) mass is 221 g/mol. The zero-order valence-corrected chi connectivity index (χ0v) is 8.94. The third-order valence-electron chi connectivity index (χ3n) is 1.73. The number of hydrogen-bond acceptors (Lipinski definition) is 4. The minimum atomic E-state index is -0.812. The molecule has 0 bridgehead atoms. The standard InChI is InChI=1S/C11H11NO4/c1-7-4-3-5-9(12-8(2)13)6-10(14)16-11(7)15/h3-6H,1-2H3,(H,12,13)/b5-3-,7-4+,9-6-. The van der Waals surface area contributed by atoms with Gasteiger partial charge in [-0.3, -0.25) is 4.79 Å². The van der Waals surface area contributed by atoms with Gasteiger partial charge in [-0.05, 0) is 13.0 Å². The molecule has 84 valence electrons. The van der Waals surface area contributed by atoms with Gasteiger partial charge < -0.3 is 10.1 Å². The molecule has 0 fully saturated rings. The highest BCUT2D eigenvalue weighted by atomic mass is 16.6. The molecule has 1 aliphatic heterocycles. The Hall–Kier alpha value is -2.17. The van der Waals surface area contributed by atoms with E-state index in [1.807, 2.05) is 0 Å². The van der Waals surface area contributed by atoms with Crippen LogP contribution in [-0.4, -0.2) is 17.8 Å². The number of allylic oxidation sites excluding steroid dienone is 3. The number of carbonyl (C=O) groups is 3. The van der Waals surface area contributed by atoms with Crippen LogP contribution in [0.1, 0.15) is 13.8 Å². The van der Waals surface area contributed by atoms with Crippen LogP contribution in [0, 0.1) is 0 Å². The second-order valence-corrected chi connectivity index (χ2v) is 3.20. The van der Waals surface area contributed by atoms with Crippen molar-refractivity contribution in [3.63, 3.8) is 0 Å². The Morgan fingerprint density at radius 3 is 2.69 bits per heavy atom. The number of ether oxygens (including phenoxy) is 1. The van der Waals surface area contributed by atoms with E-state index in [0.29, 0.717) is 5.57 Å². The van der Waals surface area contributed by atoms with Crippen LogP contribution in [0.15, 0.2) is 35.6 Å². The van der Waals surface area contributed by atoms with Gasteiger partial charge in [0.15, 0.2) is 0 Å². The molecule has 0 atom stereocenters. The highest BCUT2D eigenvalue weighted by Crippen LogP contribution is 2.04. The largest absolute Gasteiger partial charge is 0.386 e. The van der Waals surface area contributed by atoms with E-state index < -0.39 is 11.9 Å². The number of rotatable bonds is 1. The van der Waals surface area contributed by atoms with Crippen molar-refractivity contribution in [2.75, 3.05) is 0 Å². The maximum absolute atomic E-state index is 11.2. The van der Waals surface area contributed by atoms with E-state index in [1.165, 1.54) is 26.0 Å². The molecule has 0 radical (unpaired) electrons. The van der Waals surface area contributed by atoms with E-state index in [0.717, 1.165) is 6.08 Å². The lowest BCUT2D eigenvalue weighted by molar-refractivity contribution is -0.153. The lowest BCUT2D eigenvalue weighted by atomic mass is 10.2. The lowest BCUT2D eigenvalue weighted by Crippen LogP contribution is -2.19. The summed E-state index contributed by atoms with van der Waals surface area (Å²) < 4.78 is 4.48. The number of esters is 2. The van der Waals surface area contributed by atoms with Crippen molar-refractivity contribution in [2.45, 2.75) is 13.8 Å². The minimum absolute atomic E-state index is 0.274. The number of nitrogens with one attached hydrogen (secondary N) is 1. The molecule has 0 spiro atoms. The van der Waals surface area contributed by atoms with Crippen LogP contribution in [0.25, 0.3) is 0 Å². The highest BCUT2D eigenvalue weighted by molar-refractivity contribution is 6.00. The first-order valence-electron chi connectivity index (χ1n) is 4.59. The van der Waals surface area contributed by atoms with Crippen LogP contribution in [0.2, 0.25) is 0 Å². The molecule has 5 heteroatoms. The SMILES string of the molecule is CC(=O)NC1=C\C(=O)OC(=O)/C(C)=C/C=C\1. The van der Waals surface area contributed by atoms with Crippen LogP contribution in [0.3, 0.4) is 0 Å². The zero-order chi connectivity index (χ0) is 12.1. The first-order chi connectivity index (χ1) is 7.49. The predicted molar refractivity (Wildman–Crippen MR) is 55.9 cm³/mol. The summed E-state index contributed by atoms with van der Waals surface area (Å²) in [5, 5.41) is 2.43. The van der Waals surface area contributed by atoms with Crippen molar-refractivity contribution >= 4 is 17.8 Å². The fraction of sp³-hybridized carbons (Fsp3) is 0.182. The molecule has 1 N–H and O–H groups in total. The van der Waals surface area contributed by atoms with Gasteiger partial charge in [0.2, 0.25) is 5.91 Å². The molecule has 0 aromatic heterocycles. The average molecular weight is 221 g/mol. The van der Waals surface area contributed by atoms with E-state index in [2.05, 4.69) is 10.1 Å². The van der Waals surface area contributed by atoms with Crippen molar-refractivity contribution < 1.29 is 19.1 Å². The summed E-state index contributed by atoms with van der Waals surface area (Å²) in [5.74, 6) is -1.82. The smallest absolute Gasteiger partial charge is 0.341 e. The Balaban J connectivity index is 2.99. The molecule has 5 nitrogen and oxygen atoms in total. The highest BCUT2D eigenvalue weighted by Gasteiger charge is 2.12. The fourth-order valence-corrected chi connectivity index (χ4v) is 1.02. The molecule has 0 saturated heterocycles. The van der Waals surface area contributed by atoms with Gasteiger partial charge in [-0.1, -0.05) is 12.2 Å². The summed E-state index contributed by atoms with van der Waals surface area (Å²) in [6.07, 6.45) is 5.60. The summed E-state index contributed by atoms with van der Waals surface area (Å²) in [6.45, 7) is 2.85. The zero-order valence-electron chi connectivity index (χ0n) is 8.94. The van der Waals surface area contributed by atoms with Gasteiger partial charge in [-0.2, -0.15) is 0 Å². The van der Waals surface area contributed by atoms with Gasteiger partial charge in [0, 0.05) is 24.3 Å². The first kappa shape index (κ1) is 11.9. The number of hydrogen-bond donors (Lipinski definition) is 1. The van der Waals surface area contributed by atoms with Crippen LogP contribution >= 0.6 is 0 Å². The molecule has 0 unspecified atom stereocenters. The van der Waals surface area contributed by atoms with Gasteiger partial charge in [-0.25, -0.2) is 9.59 Å². The third kappa shape index (κ3) is 3.53. The molecule has 1 rings (SSSR count). The first-order valence-corrected chi connectivity index (χ1v) is 4.59. The van der Waals surface area contributed by atoms with E-state index in [4.69, 9.17) is 0 Å². The molecule has 16 heavy (non-hydrogen) atoms. The van der Waals surface area contributed by atoms with Crippen LogP contribution in [0.4, 0.5) is 0 Å². The maximum Gasteiger partial charge on any atom is 0.341 e. The molecule has 1 amide bonds. The van der Waals surface area contributed by atoms with Crippen LogP contribution < -0.4 is 5.32 Å². The molecular formula is C11H11NO4. The summed E-state index contributed by atoms with van der Waals surface area (Å²) in [4.78, 5) is 33.2. The van der Waals surface area contributed by atoms with Crippen molar-refractivity contribution in [3.05, 3.63) is 35.6 Å². The molecule has 0 aromatic carbocycles. The summed E-state index contributed by atoms with van der Waals surface area (Å²) in [5.41, 5.74) is 0.582. The maximum atomic E-state index is 11.2. The van der Waals surface area contributed by atoms with Gasteiger partial charge in [0.25, 0.3) is 0 Å². The molecule has 1 aliphatic rings. The Kier molecular flexibility index (Phi) is 3.77. The normalized spacial score (nSPS) is 24.9. The predicted octanol–water partition coefficient (Wildman–Crippen LogP) is 0.592. The van der Waals surface area contributed by atoms with Crippen molar-refractivity contribution in [1.29, 1.82) is 0 Å². The molecule has 1 heterocycles. The van der Waals surface area contributed by atoms with Crippen molar-refractivity contribution in [2.24, 2.45) is 0 Å². The quantitative estimate of drug-likeness (QED) is 0.519. The molecule has 0 aliphatic carbocycles. The molecular weight excluding hydrogens is 210 g/mol. The second-order valence-electron chi connectivity index (χ2n) is 3.20. The van der Waals surface area contributed by atoms with Gasteiger partial charge in [-0.15, -0.1) is 0 Å². The summed E-state index contributed by atoms with van der Waals surface area (Å²) in [6, 6.07) is 0. The van der Waals surface area contributed by atoms with Gasteiger partial charge >= 0.3 is 11.9 Å². The Morgan fingerprint density at radius 2 is 2.06 bits per heavy atom. The van der Waals surface area contributed by atoms with Gasteiger partial charge in [0.05, 0.1) is 0 Å². The lowest BCUT2D eigenvalue weighted by Gasteiger charge is -2.01. The van der Waals surface area contributed by atoms with E-state index in [1.54, 1.807) is 6.08 Å².